The van der Waals surface area contributed by atoms with Gasteiger partial charge in [-0.15, -0.1) is 0 Å². The smallest absolute Gasteiger partial charge is 0.111 e. The first kappa shape index (κ1) is 6.13. The highest BCUT2D eigenvalue weighted by Gasteiger charge is 2.25. The number of thiocarbonyl (C=S) groups is 1. The van der Waals surface area contributed by atoms with Crippen LogP contribution in [0.25, 0.3) is 0 Å². The van der Waals surface area contributed by atoms with Gasteiger partial charge in [-0.05, 0) is 6.92 Å². The van der Waals surface area contributed by atoms with Gasteiger partial charge in [-0.3, -0.25) is 0 Å². The number of hydrogen-bond donors (Lipinski definition) is 1. The van der Waals surface area contributed by atoms with Gasteiger partial charge < -0.3 is 9.84 Å². The van der Waals surface area contributed by atoms with Gasteiger partial charge in [-0.2, -0.15) is 0 Å². The molecule has 0 saturated carbocycles. The summed E-state index contributed by atoms with van der Waals surface area (Å²) in [6.45, 7) is 2.22. The second-order valence-electron chi connectivity index (χ2n) is 1.89. The van der Waals surface area contributed by atoms with Crippen molar-refractivity contribution in [2.24, 2.45) is 0 Å². The van der Waals surface area contributed by atoms with Crippen LogP contribution in [-0.2, 0) is 4.74 Å². The minimum absolute atomic E-state index is 0.0278. The molecular formula is C5H8O2S. The van der Waals surface area contributed by atoms with Gasteiger partial charge in [-0.1, -0.05) is 12.2 Å². The number of aliphatic hydroxyl groups excluding tert-OH is 1. The Morgan fingerprint density at radius 3 is 2.62 bits per heavy atom. The average molecular weight is 132 g/mol. The van der Waals surface area contributed by atoms with Crippen LogP contribution < -0.4 is 0 Å². The Kier molecular flexibility index (Phi) is 1.60. The van der Waals surface area contributed by atoms with Crippen molar-refractivity contribution in [3.05, 3.63) is 0 Å². The molecule has 2 atom stereocenters. The number of aliphatic hydroxyl groups is 1. The molecule has 1 aliphatic heterocycles. The van der Waals surface area contributed by atoms with Crippen LogP contribution in [-0.4, -0.2) is 28.8 Å². The minimum atomic E-state index is -0.500. The Balaban J connectivity index is 2.57. The Bertz CT molecular complexity index is 101. The van der Waals surface area contributed by atoms with Crippen LogP contribution in [0.1, 0.15) is 6.92 Å². The third-order valence-electron chi connectivity index (χ3n) is 1.23. The maximum absolute atomic E-state index is 8.90. The standard InChI is InChI=1S/C5H8O2S/c1-3-5(8)4(6)2-7-3/h3-4,6H,2H2,1H3. The molecule has 3 heteroatoms. The molecule has 1 saturated heterocycles. The van der Waals surface area contributed by atoms with Crippen LogP contribution >= 0.6 is 12.2 Å². The number of ether oxygens (including phenoxy) is 1. The molecular weight excluding hydrogens is 124 g/mol. The van der Waals surface area contributed by atoms with Gasteiger partial charge in [0, 0.05) is 0 Å². The number of hydrogen-bond acceptors (Lipinski definition) is 3. The van der Waals surface area contributed by atoms with E-state index in [2.05, 4.69) is 0 Å². The number of rotatable bonds is 0. The predicted molar refractivity (Wildman–Crippen MR) is 34.0 cm³/mol. The van der Waals surface area contributed by atoms with Crippen LogP contribution in [0.15, 0.2) is 0 Å². The first-order valence-corrected chi connectivity index (χ1v) is 2.96. The predicted octanol–water partition coefficient (Wildman–Crippen LogP) is 0.136. The van der Waals surface area contributed by atoms with Gasteiger partial charge in [0.1, 0.15) is 6.10 Å². The molecule has 8 heavy (non-hydrogen) atoms. The van der Waals surface area contributed by atoms with E-state index in [1.807, 2.05) is 6.92 Å². The Morgan fingerprint density at radius 2 is 2.50 bits per heavy atom. The van der Waals surface area contributed by atoms with Crippen molar-refractivity contribution < 1.29 is 9.84 Å². The van der Waals surface area contributed by atoms with E-state index in [0.29, 0.717) is 11.5 Å². The molecule has 0 spiro atoms. The summed E-state index contributed by atoms with van der Waals surface area (Å²) >= 11 is 4.79. The fraction of sp³-hybridized carbons (Fsp3) is 0.800. The molecule has 0 aliphatic carbocycles. The topological polar surface area (TPSA) is 29.5 Å². The summed E-state index contributed by atoms with van der Waals surface area (Å²) in [5.74, 6) is 0. The molecule has 2 unspecified atom stereocenters. The monoisotopic (exact) mass is 132 g/mol. The largest absolute Gasteiger partial charge is 0.385 e. The molecule has 0 aromatic carbocycles. The minimum Gasteiger partial charge on any atom is -0.385 e. The van der Waals surface area contributed by atoms with Crippen LogP contribution in [0.4, 0.5) is 0 Å². The molecule has 0 radical (unpaired) electrons. The van der Waals surface area contributed by atoms with Gasteiger partial charge in [0.05, 0.1) is 17.6 Å². The third kappa shape index (κ3) is 0.891. The van der Waals surface area contributed by atoms with E-state index in [9.17, 15) is 0 Å². The van der Waals surface area contributed by atoms with E-state index in [1.54, 1.807) is 0 Å². The van der Waals surface area contributed by atoms with E-state index in [1.165, 1.54) is 0 Å². The second-order valence-corrected chi connectivity index (χ2v) is 2.37. The molecule has 46 valence electrons. The maximum Gasteiger partial charge on any atom is 0.111 e. The van der Waals surface area contributed by atoms with E-state index in [-0.39, 0.29) is 6.10 Å². The highest BCUT2D eigenvalue weighted by molar-refractivity contribution is 7.80. The summed E-state index contributed by atoms with van der Waals surface area (Å²) in [6, 6.07) is 0. The lowest BCUT2D eigenvalue weighted by atomic mass is 10.2. The zero-order valence-corrected chi connectivity index (χ0v) is 5.44. The van der Waals surface area contributed by atoms with E-state index in [0.717, 1.165) is 0 Å². The molecule has 1 N–H and O–H groups in total. The van der Waals surface area contributed by atoms with Crippen LogP contribution in [0.5, 0.6) is 0 Å². The van der Waals surface area contributed by atoms with Crippen molar-refractivity contribution >= 4 is 17.1 Å². The maximum atomic E-state index is 8.90. The van der Waals surface area contributed by atoms with Crippen molar-refractivity contribution in [2.75, 3.05) is 6.61 Å². The lowest BCUT2D eigenvalue weighted by Crippen LogP contribution is -2.18. The highest BCUT2D eigenvalue weighted by Crippen LogP contribution is 2.09. The first-order valence-electron chi connectivity index (χ1n) is 2.55. The van der Waals surface area contributed by atoms with E-state index in [4.69, 9.17) is 22.1 Å². The lowest BCUT2D eigenvalue weighted by molar-refractivity contribution is 0.0974. The molecule has 0 amide bonds. The zero-order valence-electron chi connectivity index (χ0n) is 4.63. The lowest BCUT2D eigenvalue weighted by Gasteiger charge is -1.98. The quantitative estimate of drug-likeness (QED) is 0.475. The van der Waals surface area contributed by atoms with Crippen LogP contribution in [0.3, 0.4) is 0 Å². The van der Waals surface area contributed by atoms with Gasteiger partial charge >= 0.3 is 0 Å². The summed E-state index contributed by atoms with van der Waals surface area (Å²) in [7, 11) is 0. The molecule has 0 aromatic rings. The summed E-state index contributed by atoms with van der Waals surface area (Å²) in [5.41, 5.74) is 0. The summed E-state index contributed by atoms with van der Waals surface area (Å²) in [5, 5.41) is 8.90. The molecule has 0 aromatic heterocycles. The Hall–Kier alpha value is 0.01000. The fourth-order valence-electron chi connectivity index (χ4n) is 0.671. The summed E-state index contributed by atoms with van der Waals surface area (Å²) < 4.78 is 4.99. The second kappa shape index (κ2) is 2.09. The molecule has 1 heterocycles. The van der Waals surface area contributed by atoms with Gasteiger partial charge in [0.25, 0.3) is 0 Å². The summed E-state index contributed by atoms with van der Waals surface area (Å²) in [4.78, 5) is 0.630. The van der Waals surface area contributed by atoms with E-state index >= 15 is 0 Å². The zero-order chi connectivity index (χ0) is 6.15. The Labute approximate surface area is 53.5 Å². The van der Waals surface area contributed by atoms with Crippen molar-refractivity contribution in [2.45, 2.75) is 19.1 Å². The molecule has 0 bridgehead atoms. The highest BCUT2D eigenvalue weighted by atomic mass is 32.1. The third-order valence-corrected chi connectivity index (χ3v) is 1.84. The average Bonchev–Trinajstić information content (AvgIpc) is 1.98. The Morgan fingerprint density at radius 1 is 1.88 bits per heavy atom. The van der Waals surface area contributed by atoms with Crippen molar-refractivity contribution in [1.82, 2.24) is 0 Å². The molecule has 2 nitrogen and oxygen atoms in total. The van der Waals surface area contributed by atoms with Crippen molar-refractivity contribution in [3.8, 4) is 0 Å². The van der Waals surface area contributed by atoms with Gasteiger partial charge in [0.15, 0.2) is 0 Å². The van der Waals surface area contributed by atoms with Crippen LogP contribution in [0, 0.1) is 0 Å². The molecule has 1 aliphatic rings. The summed E-state index contributed by atoms with van der Waals surface area (Å²) in [6.07, 6.45) is -0.528. The van der Waals surface area contributed by atoms with Gasteiger partial charge in [0.2, 0.25) is 0 Å². The first-order chi connectivity index (χ1) is 3.72. The molecule has 1 fully saturated rings. The van der Waals surface area contributed by atoms with Crippen molar-refractivity contribution in [1.29, 1.82) is 0 Å². The fourth-order valence-corrected chi connectivity index (χ4v) is 0.807. The van der Waals surface area contributed by atoms with Crippen molar-refractivity contribution in [3.63, 3.8) is 0 Å². The normalized spacial score (nSPS) is 38.5. The molecule has 1 rings (SSSR count). The van der Waals surface area contributed by atoms with E-state index < -0.39 is 6.10 Å². The SMILES string of the molecule is CC1OCC(O)C1=S. The van der Waals surface area contributed by atoms with Crippen LogP contribution in [0.2, 0.25) is 0 Å². The van der Waals surface area contributed by atoms with Gasteiger partial charge in [-0.25, -0.2) is 0 Å².